The van der Waals surface area contributed by atoms with Gasteiger partial charge in [0.15, 0.2) is 5.82 Å². The van der Waals surface area contributed by atoms with Crippen molar-refractivity contribution in [2.75, 3.05) is 25.6 Å². The molecule has 0 saturated carbocycles. The molecule has 2 aromatic heterocycles. The van der Waals surface area contributed by atoms with Gasteiger partial charge in [0.05, 0.1) is 28.0 Å². The summed E-state index contributed by atoms with van der Waals surface area (Å²) in [5.41, 5.74) is 4.72. The van der Waals surface area contributed by atoms with Crippen molar-refractivity contribution in [2.45, 2.75) is 13.5 Å². The molecule has 0 amide bonds. The summed E-state index contributed by atoms with van der Waals surface area (Å²) in [4.78, 5) is 12.5. The molecule has 6 nitrogen and oxygen atoms in total. The van der Waals surface area contributed by atoms with Crippen LogP contribution in [0.4, 0.5) is 5.69 Å². The van der Waals surface area contributed by atoms with E-state index >= 15 is 0 Å². The molecule has 1 aliphatic rings. The first kappa shape index (κ1) is 15.4. The van der Waals surface area contributed by atoms with Gasteiger partial charge in [-0.25, -0.2) is 9.97 Å². The van der Waals surface area contributed by atoms with Crippen LogP contribution in [0.2, 0.25) is 0 Å². The molecule has 1 aromatic carbocycles. The Labute approximate surface area is 147 Å². The molecule has 0 atom stereocenters. The maximum Gasteiger partial charge on any atom is 0.154 e. The van der Waals surface area contributed by atoms with Crippen molar-refractivity contribution < 1.29 is 9.47 Å². The number of nitrogens with one attached hydrogen (secondary N) is 2. The van der Waals surface area contributed by atoms with E-state index in [4.69, 9.17) is 9.47 Å². The van der Waals surface area contributed by atoms with Gasteiger partial charge in [-0.15, -0.1) is 0 Å². The van der Waals surface area contributed by atoms with Crippen molar-refractivity contribution >= 4 is 32.5 Å². The lowest BCUT2D eigenvalue weighted by Gasteiger charge is -2.07. The summed E-state index contributed by atoms with van der Waals surface area (Å²) in [6.07, 6.45) is 0. The summed E-state index contributed by atoms with van der Waals surface area (Å²) in [7, 11) is 1.64. The fourth-order valence-corrected chi connectivity index (χ4v) is 3.47. The van der Waals surface area contributed by atoms with Crippen LogP contribution < -0.4 is 10.1 Å². The highest BCUT2D eigenvalue weighted by Crippen LogP contribution is 2.42. The molecule has 24 heavy (non-hydrogen) atoms. The predicted octanol–water partition coefficient (Wildman–Crippen LogP) is 3.65. The molecule has 7 heteroatoms. The zero-order chi connectivity index (χ0) is 16.7. The van der Waals surface area contributed by atoms with Crippen molar-refractivity contribution in [1.82, 2.24) is 15.0 Å². The minimum atomic E-state index is 0.386. The fraction of sp³-hybridized carbons (Fsp3) is 0.294. The molecule has 0 aliphatic carbocycles. The van der Waals surface area contributed by atoms with Crippen LogP contribution >= 0.6 is 15.9 Å². The Morgan fingerprint density at radius 1 is 1.29 bits per heavy atom. The third-order valence-electron chi connectivity index (χ3n) is 3.92. The smallest absolute Gasteiger partial charge is 0.154 e. The monoisotopic (exact) mass is 388 g/mol. The second-order valence-corrected chi connectivity index (χ2v) is 6.64. The first-order valence-corrected chi connectivity index (χ1v) is 8.51. The maximum atomic E-state index is 5.87. The summed E-state index contributed by atoms with van der Waals surface area (Å²) in [6.45, 7) is 3.71. The van der Waals surface area contributed by atoms with Gasteiger partial charge < -0.3 is 19.8 Å². The van der Waals surface area contributed by atoms with Crippen molar-refractivity contribution in [2.24, 2.45) is 0 Å². The van der Waals surface area contributed by atoms with Crippen molar-refractivity contribution in [3.63, 3.8) is 0 Å². The van der Waals surface area contributed by atoms with Crippen LogP contribution in [0.15, 0.2) is 22.7 Å². The summed E-state index contributed by atoms with van der Waals surface area (Å²) in [6, 6.07) is 6.02. The molecule has 1 aliphatic heterocycles. The van der Waals surface area contributed by atoms with E-state index in [0.29, 0.717) is 19.0 Å². The number of halogens is 1. The number of aromatic nitrogens is 3. The number of ether oxygens (including phenoxy) is 2. The van der Waals surface area contributed by atoms with Crippen molar-refractivity contribution in [1.29, 1.82) is 0 Å². The highest BCUT2D eigenvalue weighted by Gasteiger charge is 2.21. The third kappa shape index (κ3) is 2.63. The van der Waals surface area contributed by atoms with Gasteiger partial charge in [-0.2, -0.15) is 0 Å². The molecular weight excluding hydrogens is 372 g/mol. The average Bonchev–Trinajstić information content (AvgIpc) is 2.75. The minimum Gasteiger partial charge on any atom is -0.491 e. The molecule has 124 valence electrons. The van der Waals surface area contributed by atoms with Crippen LogP contribution in [0.1, 0.15) is 11.5 Å². The Balaban J connectivity index is 1.95. The first-order valence-electron chi connectivity index (χ1n) is 7.71. The van der Waals surface area contributed by atoms with E-state index in [9.17, 15) is 0 Å². The Bertz CT molecular complexity index is 923. The Morgan fingerprint density at radius 2 is 2.17 bits per heavy atom. The summed E-state index contributed by atoms with van der Waals surface area (Å²) >= 11 is 3.54. The zero-order valence-electron chi connectivity index (χ0n) is 13.4. The molecule has 3 heterocycles. The van der Waals surface area contributed by atoms with E-state index in [-0.39, 0.29) is 0 Å². The average molecular weight is 389 g/mol. The number of anilines is 1. The highest BCUT2D eigenvalue weighted by molar-refractivity contribution is 9.10. The van der Waals surface area contributed by atoms with Gasteiger partial charge >= 0.3 is 0 Å². The number of aryl methyl sites for hydroxylation is 1. The van der Waals surface area contributed by atoms with Gasteiger partial charge in [-0.05, 0) is 25.1 Å². The quantitative estimate of drug-likeness (QED) is 0.716. The summed E-state index contributed by atoms with van der Waals surface area (Å²) < 4.78 is 12.0. The maximum absolute atomic E-state index is 5.87. The van der Waals surface area contributed by atoms with E-state index in [2.05, 4.69) is 36.2 Å². The molecule has 0 unspecified atom stereocenters. The van der Waals surface area contributed by atoms with Crippen LogP contribution in [-0.4, -0.2) is 35.2 Å². The topological polar surface area (TPSA) is 72.1 Å². The minimum absolute atomic E-state index is 0.386. The lowest BCUT2D eigenvalue weighted by Crippen LogP contribution is -2.09. The van der Waals surface area contributed by atoms with E-state index in [1.165, 1.54) is 0 Å². The SMILES string of the molecule is COCc1nc(C)cc(-c2[nH]c3cc(Br)cc4c3c2NCCO4)n1. The second kappa shape index (κ2) is 6.07. The van der Waals surface area contributed by atoms with Gasteiger partial charge in [0.1, 0.15) is 19.0 Å². The summed E-state index contributed by atoms with van der Waals surface area (Å²) in [5, 5.41) is 4.51. The number of rotatable bonds is 3. The molecule has 0 fully saturated rings. The molecule has 2 N–H and O–H groups in total. The van der Waals surface area contributed by atoms with Gasteiger partial charge in [0, 0.05) is 23.8 Å². The van der Waals surface area contributed by atoms with Crippen molar-refractivity contribution in [3.8, 4) is 17.1 Å². The fourth-order valence-electron chi connectivity index (χ4n) is 3.03. The zero-order valence-corrected chi connectivity index (χ0v) is 15.0. The van der Waals surface area contributed by atoms with Gasteiger partial charge in [0.25, 0.3) is 0 Å². The lowest BCUT2D eigenvalue weighted by atomic mass is 10.1. The number of aromatic amines is 1. The van der Waals surface area contributed by atoms with Gasteiger partial charge in [-0.3, -0.25) is 0 Å². The standard InChI is InChI=1S/C17H17BrN4O2/c1-9-5-12(21-14(20-9)8-23-2)16-17-15-11(22-16)6-10(18)7-13(15)24-4-3-19-17/h5-7,19,22H,3-4,8H2,1-2H3. The van der Waals surface area contributed by atoms with Crippen LogP contribution in [-0.2, 0) is 11.3 Å². The predicted molar refractivity (Wildman–Crippen MR) is 96.5 cm³/mol. The largest absolute Gasteiger partial charge is 0.491 e. The molecule has 0 bridgehead atoms. The molecule has 4 rings (SSSR count). The number of benzene rings is 1. The van der Waals surface area contributed by atoms with E-state index in [1.807, 2.05) is 25.1 Å². The molecule has 3 aromatic rings. The van der Waals surface area contributed by atoms with Gasteiger partial charge in [0.2, 0.25) is 0 Å². The number of hydrogen-bond donors (Lipinski definition) is 2. The van der Waals surface area contributed by atoms with E-state index < -0.39 is 0 Å². The van der Waals surface area contributed by atoms with Crippen LogP contribution in [0.3, 0.4) is 0 Å². The number of hydrogen-bond acceptors (Lipinski definition) is 5. The van der Waals surface area contributed by atoms with Crippen LogP contribution in [0, 0.1) is 6.92 Å². The normalized spacial score (nSPS) is 13.5. The van der Waals surface area contributed by atoms with E-state index in [1.54, 1.807) is 7.11 Å². The number of H-pyrrole nitrogens is 1. The number of methoxy groups -OCH3 is 1. The lowest BCUT2D eigenvalue weighted by molar-refractivity contribution is 0.177. The Kier molecular flexibility index (Phi) is 3.90. The number of nitrogens with zero attached hydrogens (tertiary/aromatic N) is 2. The third-order valence-corrected chi connectivity index (χ3v) is 4.38. The van der Waals surface area contributed by atoms with Crippen LogP contribution in [0.5, 0.6) is 5.75 Å². The Hall–Kier alpha value is -2.12. The summed E-state index contributed by atoms with van der Waals surface area (Å²) in [5.74, 6) is 1.54. The molecule has 0 spiro atoms. The Morgan fingerprint density at radius 3 is 3.00 bits per heavy atom. The van der Waals surface area contributed by atoms with E-state index in [0.717, 1.165) is 50.4 Å². The highest BCUT2D eigenvalue weighted by atomic mass is 79.9. The second-order valence-electron chi connectivity index (χ2n) is 5.72. The molecule has 0 radical (unpaired) electrons. The van der Waals surface area contributed by atoms with Gasteiger partial charge in [-0.1, -0.05) is 15.9 Å². The van der Waals surface area contributed by atoms with Crippen LogP contribution in [0.25, 0.3) is 22.3 Å². The first-order chi connectivity index (χ1) is 11.7. The molecule has 0 saturated heterocycles. The van der Waals surface area contributed by atoms with Crippen molar-refractivity contribution in [3.05, 3.63) is 34.2 Å². The molecular formula is C17H17BrN4O2.